The summed E-state index contributed by atoms with van der Waals surface area (Å²) in [6.45, 7) is 5.73. The van der Waals surface area contributed by atoms with E-state index >= 15 is 0 Å². The zero-order valence-corrected chi connectivity index (χ0v) is 17.8. The summed E-state index contributed by atoms with van der Waals surface area (Å²) in [5.74, 6) is 0.991. The average Bonchev–Trinajstić information content (AvgIpc) is 3.58. The molecule has 0 radical (unpaired) electrons. The van der Waals surface area contributed by atoms with Gasteiger partial charge in [-0.05, 0) is 63.5 Å². The van der Waals surface area contributed by atoms with Gasteiger partial charge in [0.2, 0.25) is 0 Å². The molecule has 2 aliphatic heterocycles. The molecule has 2 saturated heterocycles. The van der Waals surface area contributed by atoms with Gasteiger partial charge in [0.25, 0.3) is 5.91 Å². The van der Waals surface area contributed by atoms with Crippen LogP contribution in [-0.2, 0) is 4.74 Å². The van der Waals surface area contributed by atoms with E-state index in [9.17, 15) is 4.79 Å². The van der Waals surface area contributed by atoms with Crippen LogP contribution in [0, 0.1) is 12.8 Å². The number of rotatable bonds is 5. The van der Waals surface area contributed by atoms with Gasteiger partial charge in [0.05, 0.1) is 11.7 Å². The summed E-state index contributed by atoms with van der Waals surface area (Å²) in [6, 6.07) is 4.38. The molecule has 1 atom stereocenters. The smallest absolute Gasteiger partial charge is 0.255 e. The molecular weight excluding hydrogens is 362 g/mol. The van der Waals surface area contributed by atoms with E-state index in [1.807, 2.05) is 24.0 Å². The Morgan fingerprint density at radius 2 is 1.93 bits per heavy atom. The number of amides is 1. The van der Waals surface area contributed by atoms with Gasteiger partial charge in [-0.2, -0.15) is 0 Å². The first-order chi connectivity index (χ1) is 14.2. The molecule has 2 saturated carbocycles. The fraction of sp³-hybridized carbons (Fsp3) is 0.750. The van der Waals surface area contributed by atoms with E-state index in [-0.39, 0.29) is 5.91 Å². The van der Waals surface area contributed by atoms with Crippen molar-refractivity contribution < 1.29 is 9.53 Å². The molecule has 1 unspecified atom stereocenters. The lowest BCUT2D eigenvalue weighted by Crippen LogP contribution is -2.75. The van der Waals surface area contributed by atoms with Crippen LogP contribution in [-0.4, -0.2) is 64.6 Å². The fourth-order valence-electron chi connectivity index (χ4n) is 5.89. The Kier molecular flexibility index (Phi) is 5.37. The second-order valence-corrected chi connectivity index (χ2v) is 9.74. The summed E-state index contributed by atoms with van der Waals surface area (Å²) < 4.78 is 6.43. The molecule has 4 fully saturated rings. The molecule has 5 rings (SSSR count). The lowest BCUT2D eigenvalue weighted by Gasteiger charge is -2.63. The van der Waals surface area contributed by atoms with Crippen LogP contribution in [0.1, 0.15) is 73.8 Å². The summed E-state index contributed by atoms with van der Waals surface area (Å²) in [5, 5.41) is 0. The van der Waals surface area contributed by atoms with Crippen molar-refractivity contribution in [3.63, 3.8) is 0 Å². The number of piperidine rings is 1. The van der Waals surface area contributed by atoms with Crippen LogP contribution in [0.4, 0.5) is 0 Å². The van der Waals surface area contributed by atoms with E-state index in [0.29, 0.717) is 17.7 Å². The first-order valence-corrected chi connectivity index (χ1v) is 11.8. The van der Waals surface area contributed by atoms with E-state index in [4.69, 9.17) is 4.74 Å². The van der Waals surface area contributed by atoms with Gasteiger partial charge in [-0.1, -0.05) is 19.3 Å². The molecule has 0 aromatic carbocycles. The first-order valence-electron chi connectivity index (χ1n) is 11.8. The molecule has 29 heavy (non-hydrogen) atoms. The third kappa shape index (κ3) is 3.72. The van der Waals surface area contributed by atoms with E-state index in [0.717, 1.165) is 56.3 Å². The van der Waals surface area contributed by atoms with Crippen LogP contribution in [0.25, 0.3) is 0 Å². The van der Waals surface area contributed by atoms with Crippen molar-refractivity contribution in [3.05, 3.63) is 29.6 Å². The monoisotopic (exact) mass is 397 g/mol. The molecule has 1 aromatic heterocycles. The summed E-state index contributed by atoms with van der Waals surface area (Å²) in [4.78, 5) is 22.1. The van der Waals surface area contributed by atoms with Crippen molar-refractivity contribution in [2.24, 2.45) is 5.92 Å². The van der Waals surface area contributed by atoms with Crippen molar-refractivity contribution >= 4 is 5.91 Å². The van der Waals surface area contributed by atoms with E-state index in [1.54, 1.807) is 6.20 Å². The minimum atomic E-state index is 0.149. The van der Waals surface area contributed by atoms with Gasteiger partial charge in [0.15, 0.2) is 0 Å². The Labute approximate surface area is 174 Å². The average molecular weight is 398 g/mol. The van der Waals surface area contributed by atoms with Crippen LogP contribution in [0.2, 0.25) is 0 Å². The van der Waals surface area contributed by atoms with E-state index < -0.39 is 0 Å². The Hall–Kier alpha value is -1.46. The molecule has 4 aliphatic rings. The number of carbonyl (C=O) groups is 1. The fourth-order valence-corrected chi connectivity index (χ4v) is 5.89. The maximum Gasteiger partial charge on any atom is 0.255 e. The molecule has 1 aromatic rings. The number of carbonyl (C=O) groups excluding carboxylic acids is 1. The Morgan fingerprint density at radius 3 is 2.62 bits per heavy atom. The van der Waals surface area contributed by atoms with Crippen LogP contribution >= 0.6 is 0 Å². The SMILES string of the molecule is Cc1ncccc1C(=O)N1CCC(N2CC(OCC3CC3)C23CCCCC3)CC1. The zero-order chi connectivity index (χ0) is 19.8. The van der Waals surface area contributed by atoms with E-state index in [1.165, 1.54) is 44.9 Å². The predicted octanol–water partition coefficient (Wildman–Crippen LogP) is 3.81. The molecule has 2 aliphatic carbocycles. The summed E-state index contributed by atoms with van der Waals surface area (Å²) >= 11 is 0. The largest absolute Gasteiger partial charge is 0.375 e. The van der Waals surface area contributed by atoms with E-state index in [2.05, 4.69) is 9.88 Å². The number of pyridine rings is 1. The Bertz CT molecular complexity index is 733. The molecule has 5 nitrogen and oxygen atoms in total. The lowest BCUT2D eigenvalue weighted by atomic mass is 9.69. The number of nitrogens with zero attached hydrogens (tertiary/aromatic N) is 3. The Morgan fingerprint density at radius 1 is 1.17 bits per heavy atom. The highest BCUT2D eigenvalue weighted by molar-refractivity contribution is 5.95. The molecule has 1 amide bonds. The number of hydrogen-bond donors (Lipinski definition) is 0. The number of aromatic nitrogens is 1. The molecule has 3 heterocycles. The van der Waals surface area contributed by atoms with Gasteiger partial charge in [0.1, 0.15) is 0 Å². The molecule has 158 valence electrons. The van der Waals surface area contributed by atoms with Crippen molar-refractivity contribution in [3.8, 4) is 0 Å². The van der Waals surface area contributed by atoms with Gasteiger partial charge < -0.3 is 9.64 Å². The molecule has 0 N–H and O–H groups in total. The van der Waals surface area contributed by atoms with Crippen molar-refractivity contribution in [1.29, 1.82) is 0 Å². The van der Waals surface area contributed by atoms with Crippen molar-refractivity contribution in [2.75, 3.05) is 26.2 Å². The second kappa shape index (κ2) is 7.99. The minimum Gasteiger partial charge on any atom is -0.375 e. The highest BCUT2D eigenvalue weighted by Gasteiger charge is 2.56. The quantitative estimate of drug-likeness (QED) is 0.758. The third-order valence-corrected chi connectivity index (χ3v) is 7.91. The maximum absolute atomic E-state index is 12.9. The summed E-state index contributed by atoms with van der Waals surface area (Å²) in [6.07, 6.45) is 13.8. The van der Waals surface area contributed by atoms with Crippen LogP contribution in [0.15, 0.2) is 18.3 Å². The van der Waals surface area contributed by atoms with Crippen molar-refractivity contribution in [1.82, 2.24) is 14.8 Å². The van der Waals surface area contributed by atoms with Gasteiger partial charge in [-0.15, -0.1) is 0 Å². The number of aryl methyl sites for hydroxylation is 1. The van der Waals surface area contributed by atoms with Gasteiger partial charge in [-0.3, -0.25) is 14.7 Å². The van der Waals surface area contributed by atoms with Crippen LogP contribution in [0.3, 0.4) is 0 Å². The molecular formula is C24H35N3O2. The maximum atomic E-state index is 12.9. The zero-order valence-electron chi connectivity index (χ0n) is 17.8. The molecule has 0 bridgehead atoms. The molecule has 5 heteroatoms. The normalized spacial score (nSPS) is 27.8. The highest BCUT2D eigenvalue weighted by atomic mass is 16.5. The van der Waals surface area contributed by atoms with Crippen molar-refractivity contribution in [2.45, 2.75) is 82.4 Å². The number of ether oxygens (including phenoxy) is 1. The van der Waals surface area contributed by atoms with Crippen LogP contribution in [0.5, 0.6) is 0 Å². The Balaban J connectivity index is 1.21. The number of hydrogen-bond acceptors (Lipinski definition) is 4. The summed E-state index contributed by atoms with van der Waals surface area (Å²) in [7, 11) is 0. The number of likely N-dealkylation sites (tertiary alicyclic amines) is 2. The standard InChI is InChI=1S/C24H35N3O2/c1-18-21(6-5-13-25-18)23(28)26-14-9-20(10-15-26)27-16-22(29-17-19-7-8-19)24(27)11-3-2-4-12-24/h5-6,13,19-20,22H,2-4,7-12,14-17H2,1H3. The lowest BCUT2D eigenvalue weighted by molar-refractivity contribution is -0.202. The summed E-state index contributed by atoms with van der Waals surface area (Å²) in [5.41, 5.74) is 1.88. The van der Waals surface area contributed by atoms with Gasteiger partial charge in [-0.25, -0.2) is 0 Å². The van der Waals surface area contributed by atoms with Gasteiger partial charge >= 0.3 is 0 Å². The predicted molar refractivity (Wildman–Crippen MR) is 113 cm³/mol. The van der Waals surface area contributed by atoms with Gasteiger partial charge in [0, 0.05) is 49.7 Å². The highest BCUT2D eigenvalue weighted by Crippen LogP contribution is 2.48. The topological polar surface area (TPSA) is 45.7 Å². The third-order valence-electron chi connectivity index (χ3n) is 7.91. The van der Waals surface area contributed by atoms with Crippen LogP contribution < -0.4 is 0 Å². The second-order valence-electron chi connectivity index (χ2n) is 9.74. The minimum absolute atomic E-state index is 0.149. The first kappa shape index (κ1) is 19.5. The molecule has 1 spiro atoms.